The molecular weight excluding hydrogens is 320 g/mol. The van der Waals surface area contributed by atoms with Gasteiger partial charge in [0.1, 0.15) is 12.1 Å². The van der Waals surface area contributed by atoms with Gasteiger partial charge < -0.3 is 21.3 Å². The van der Waals surface area contributed by atoms with E-state index in [1.165, 1.54) is 57.8 Å². The summed E-state index contributed by atoms with van der Waals surface area (Å²) in [6.07, 6.45) is 12.8. The number of aliphatic carboxylic acids is 2. The summed E-state index contributed by atoms with van der Waals surface area (Å²) in [4.78, 5) is 21.2. The van der Waals surface area contributed by atoms with Gasteiger partial charge in [-0.15, -0.1) is 0 Å². The second-order valence-corrected chi connectivity index (χ2v) is 8.02. The summed E-state index contributed by atoms with van der Waals surface area (Å²) < 4.78 is 0. The zero-order valence-electron chi connectivity index (χ0n) is 15.2. The summed E-state index contributed by atoms with van der Waals surface area (Å²) in [6.45, 7) is 0.918. The molecule has 3 aliphatic rings. The molecule has 3 fully saturated rings. The fourth-order valence-electron chi connectivity index (χ4n) is 4.61. The van der Waals surface area contributed by atoms with Gasteiger partial charge in [0.25, 0.3) is 0 Å². The van der Waals surface area contributed by atoms with Crippen LogP contribution >= 0.6 is 0 Å². The predicted molar refractivity (Wildman–Crippen MR) is 96.3 cm³/mol. The van der Waals surface area contributed by atoms with Gasteiger partial charge >= 0.3 is 11.9 Å². The molecule has 0 radical (unpaired) electrons. The molecule has 25 heavy (non-hydrogen) atoms. The van der Waals surface area contributed by atoms with Gasteiger partial charge in [-0.25, -0.2) is 0 Å². The minimum absolute atomic E-state index is 0.278. The third-order valence-corrected chi connectivity index (χ3v) is 6.16. The number of rotatable bonds is 4. The molecule has 1 aliphatic heterocycles. The van der Waals surface area contributed by atoms with Crippen molar-refractivity contribution in [1.29, 1.82) is 0 Å². The monoisotopic (exact) mass is 354 g/mol. The predicted octanol–water partition coefficient (Wildman–Crippen LogP) is 2.61. The Morgan fingerprint density at radius 1 is 0.960 bits per heavy atom. The van der Waals surface area contributed by atoms with E-state index in [-0.39, 0.29) is 6.04 Å². The molecule has 5 N–H and O–H groups in total. The minimum atomic E-state index is -0.861. The van der Waals surface area contributed by atoms with Crippen molar-refractivity contribution in [1.82, 2.24) is 5.32 Å². The number of carboxylic acids is 2. The minimum Gasteiger partial charge on any atom is -0.480 e. The first-order valence-corrected chi connectivity index (χ1v) is 9.92. The van der Waals surface area contributed by atoms with E-state index < -0.39 is 18.0 Å². The van der Waals surface area contributed by atoms with Crippen molar-refractivity contribution in [2.45, 2.75) is 82.7 Å². The standard InChI is InChI=1S/C10H17NO2.C9H17NO2/c12-10(13)9-5-7-3-1-2-4-8(7)6-11-9;10-8(9(11)12)6-7-4-2-1-3-5-7/h7-9,11H,1-6H2,(H,12,13);7-8H,1-6,10H2,(H,11,12). The van der Waals surface area contributed by atoms with Gasteiger partial charge in [0.15, 0.2) is 0 Å². The summed E-state index contributed by atoms with van der Waals surface area (Å²) in [5, 5.41) is 20.6. The van der Waals surface area contributed by atoms with Crippen LogP contribution < -0.4 is 11.1 Å². The van der Waals surface area contributed by atoms with Crippen LogP contribution in [0.4, 0.5) is 0 Å². The van der Waals surface area contributed by atoms with Gasteiger partial charge in [-0.1, -0.05) is 51.4 Å². The van der Waals surface area contributed by atoms with Crippen LogP contribution in [-0.4, -0.2) is 40.8 Å². The van der Waals surface area contributed by atoms with Gasteiger partial charge in [0.05, 0.1) is 0 Å². The maximum Gasteiger partial charge on any atom is 0.320 e. The van der Waals surface area contributed by atoms with E-state index in [1.807, 2.05) is 0 Å². The van der Waals surface area contributed by atoms with Crippen LogP contribution in [0.25, 0.3) is 0 Å². The molecular formula is C19H34N2O4. The molecule has 4 unspecified atom stereocenters. The first kappa shape index (κ1) is 20.2. The van der Waals surface area contributed by atoms with Gasteiger partial charge in [0, 0.05) is 0 Å². The van der Waals surface area contributed by atoms with Crippen molar-refractivity contribution in [3.05, 3.63) is 0 Å². The molecule has 2 saturated carbocycles. The highest BCUT2D eigenvalue weighted by atomic mass is 16.4. The summed E-state index contributed by atoms with van der Waals surface area (Å²) in [7, 11) is 0. The third-order valence-electron chi connectivity index (χ3n) is 6.16. The fraction of sp³-hybridized carbons (Fsp3) is 0.895. The number of hydrogen-bond donors (Lipinski definition) is 4. The maximum absolute atomic E-state index is 10.8. The number of carboxylic acid groups (broad SMARTS) is 2. The van der Waals surface area contributed by atoms with Crippen LogP contribution in [0.1, 0.15) is 70.6 Å². The van der Waals surface area contributed by atoms with E-state index in [4.69, 9.17) is 15.9 Å². The van der Waals surface area contributed by atoms with Crippen molar-refractivity contribution in [2.24, 2.45) is 23.5 Å². The Bertz CT molecular complexity index is 437. The van der Waals surface area contributed by atoms with Crippen molar-refractivity contribution in [3.63, 3.8) is 0 Å². The highest BCUT2D eigenvalue weighted by Crippen LogP contribution is 2.35. The molecule has 0 spiro atoms. The van der Waals surface area contributed by atoms with Crippen molar-refractivity contribution in [2.75, 3.05) is 6.54 Å². The summed E-state index contributed by atoms with van der Waals surface area (Å²) in [5.74, 6) is 0.454. The first-order chi connectivity index (χ1) is 12.0. The number of hydrogen-bond acceptors (Lipinski definition) is 4. The number of piperidine rings is 1. The molecule has 0 aromatic carbocycles. The normalized spacial score (nSPS) is 31.2. The average molecular weight is 354 g/mol. The highest BCUT2D eigenvalue weighted by Gasteiger charge is 2.34. The lowest BCUT2D eigenvalue weighted by Crippen LogP contribution is -2.48. The lowest BCUT2D eigenvalue weighted by Gasteiger charge is -2.38. The number of nitrogens with two attached hydrogens (primary N) is 1. The first-order valence-electron chi connectivity index (χ1n) is 9.92. The van der Waals surface area contributed by atoms with E-state index in [0.717, 1.165) is 18.9 Å². The summed E-state index contributed by atoms with van der Waals surface area (Å²) in [5.41, 5.74) is 5.45. The second-order valence-electron chi connectivity index (χ2n) is 8.02. The van der Waals surface area contributed by atoms with Crippen LogP contribution in [0.2, 0.25) is 0 Å². The van der Waals surface area contributed by atoms with Crippen LogP contribution in [-0.2, 0) is 9.59 Å². The SMILES string of the molecule is NC(CC1CCCCC1)C(=O)O.O=C(O)C1CC2CCCCC2CN1. The van der Waals surface area contributed by atoms with E-state index in [0.29, 0.717) is 18.3 Å². The van der Waals surface area contributed by atoms with Gasteiger partial charge in [-0.3, -0.25) is 9.59 Å². The van der Waals surface area contributed by atoms with Gasteiger partial charge in [-0.2, -0.15) is 0 Å². The quantitative estimate of drug-likeness (QED) is 0.617. The zero-order chi connectivity index (χ0) is 18.2. The molecule has 6 nitrogen and oxygen atoms in total. The molecule has 0 aromatic rings. The van der Waals surface area contributed by atoms with E-state index >= 15 is 0 Å². The molecule has 3 rings (SSSR count). The Morgan fingerprint density at radius 3 is 2.16 bits per heavy atom. The van der Waals surface area contributed by atoms with E-state index in [1.54, 1.807) is 0 Å². The zero-order valence-corrected chi connectivity index (χ0v) is 15.2. The number of fused-ring (bicyclic) bond motifs is 1. The summed E-state index contributed by atoms with van der Waals surface area (Å²) >= 11 is 0. The molecule has 6 heteroatoms. The van der Waals surface area contributed by atoms with Crippen molar-refractivity contribution < 1.29 is 19.8 Å². The lowest BCUT2D eigenvalue weighted by molar-refractivity contribution is -0.141. The molecule has 2 aliphatic carbocycles. The van der Waals surface area contributed by atoms with E-state index in [9.17, 15) is 9.59 Å². The molecule has 1 heterocycles. The topological polar surface area (TPSA) is 113 Å². The van der Waals surface area contributed by atoms with E-state index in [2.05, 4.69) is 5.32 Å². The van der Waals surface area contributed by atoms with Crippen LogP contribution in [0, 0.1) is 17.8 Å². The molecule has 0 bridgehead atoms. The Hall–Kier alpha value is -1.14. The molecule has 4 atom stereocenters. The lowest BCUT2D eigenvalue weighted by atomic mass is 9.74. The van der Waals surface area contributed by atoms with Crippen LogP contribution in [0.3, 0.4) is 0 Å². The van der Waals surface area contributed by atoms with Gasteiger partial charge in [-0.05, 0) is 43.6 Å². The average Bonchev–Trinajstić information content (AvgIpc) is 2.62. The Morgan fingerprint density at radius 2 is 1.56 bits per heavy atom. The maximum atomic E-state index is 10.8. The molecule has 0 amide bonds. The fourth-order valence-corrected chi connectivity index (χ4v) is 4.61. The van der Waals surface area contributed by atoms with Crippen LogP contribution in [0.15, 0.2) is 0 Å². The number of carbonyl (C=O) groups is 2. The highest BCUT2D eigenvalue weighted by molar-refractivity contribution is 5.73. The smallest absolute Gasteiger partial charge is 0.320 e. The molecule has 0 aromatic heterocycles. The van der Waals surface area contributed by atoms with Gasteiger partial charge in [0.2, 0.25) is 0 Å². The van der Waals surface area contributed by atoms with Crippen molar-refractivity contribution >= 4 is 11.9 Å². The summed E-state index contributed by atoms with van der Waals surface area (Å²) in [6, 6.07) is -0.924. The Labute approximate surface area is 150 Å². The molecule has 1 saturated heterocycles. The van der Waals surface area contributed by atoms with Crippen molar-refractivity contribution in [3.8, 4) is 0 Å². The third kappa shape index (κ3) is 6.59. The molecule has 144 valence electrons. The number of nitrogens with one attached hydrogen (secondary N) is 1. The van der Waals surface area contributed by atoms with Crippen LogP contribution in [0.5, 0.6) is 0 Å². The largest absolute Gasteiger partial charge is 0.480 e. The Balaban J connectivity index is 0.000000181. The Kier molecular flexibility index (Phi) is 8.16. The second kappa shape index (κ2) is 10.1.